The van der Waals surface area contributed by atoms with Crippen molar-refractivity contribution in [3.05, 3.63) is 38.7 Å². The van der Waals surface area contributed by atoms with Crippen molar-refractivity contribution in [3.8, 4) is 0 Å². The molecule has 0 saturated heterocycles. The van der Waals surface area contributed by atoms with Gasteiger partial charge in [0.1, 0.15) is 4.99 Å². The molecule has 0 fully saturated rings. The van der Waals surface area contributed by atoms with Crippen molar-refractivity contribution in [1.82, 2.24) is 10.2 Å². The summed E-state index contributed by atoms with van der Waals surface area (Å²) < 4.78 is 0. The zero-order chi connectivity index (χ0) is 15.1. The molecule has 4 nitrogen and oxygen atoms in total. The highest BCUT2D eigenvalue weighted by molar-refractivity contribution is 7.80. The summed E-state index contributed by atoms with van der Waals surface area (Å²) in [5, 5.41) is 10.8. The fraction of sp³-hybridized carbons (Fsp3) is 0.400. The van der Waals surface area contributed by atoms with Gasteiger partial charge < -0.3 is 10.6 Å². The fourth-order valence-corrected chi connectivity index (χ4v) is 4.10. The number of hydrogen-bond donors (Lipinski definition) is 1. The van der Waals surface area contributed by atoms with Gasteiger partial charge >= 0.3 is 0 Å². The molecule has 2 N–H and O–H groups in total. The Kier molecular flexibility index (Phi) is 3.67. The number of rotatable bonds is 2. The van der Waals surface area contributed by atoms with Crippen LogP contribution in [0.2, 0.25) is 0 Å². The van der Waals surface area contributed by atoms with Crippen molar-refractivity contribution >= 4 is 34.4 Å². The van der Waals surface area contributed by atoms with E-state index in [0.717, 1.165) is 35.6 Å². The SMILES string of the molecule is Cc1nnc(N2CCc3sccc3C2C)c(C(N)=S)c1C. The van der Waals surface area contributed by atoms with E-state index in [-0.39, 0.29) is 6.04 Å². The van der Waals surface area contributed by atoms with Gasteiger partial charge in [0.05, 0.1) is 17.3 Å². The van der Waals surface area contributed by atoms with E-state index in [1.807, 2.05) is 25.2 Å². The van der Waals surface area contributed by atoms with Gasteiger partial charge in [0, 0.05) is 11.4 Å². The molecule has 21 heavy (non-hydrogen) atoms. The molecule has 1 aliphatic heterocycles. The molecule has 1 unspecified atom stereocenters. The molecule has 0 aliphatic carbocycles. The van der Waals surface area contributed by atoms with Crippen molar-refractivity contribution in [1.29, 1.82) is 0 Å². The van der Waals surface area contributed by atoms with Crippen LogP contribution in [0, 0.1) is 13.8 Å². The summed E-state index contributed by atoms with van der Waals surface area (Å²) in [7, 11) is 0. The molecule has 3 rings (SSSR count). The first-order valence-corrected chi connectivity index (χ1v) is 8.26. The summed E-state index contributed by atoms with van der Waals surface area (Å²) in [5.41, 5.74) is 10.1. The molecule has 0 amide bonds. The summed E-state index contributed by atoms with van der Waals surface area (Å²) in [6, 6.07) is 2.47. The first-order chi connectivity index (χ1) is 10.0. The summed E-state index contributed by atoms with van der Waals surface area (Å²) in [4.78, 5) is 4.12. The second-order valence-electron chi connectivity index (χ2n) is 5.39. The molecule has 3 heterocycles. The number of hydrogen-bond acceptors (Lipinski definition) is 5. The van der Waals surface area contributed by atoms with E-state index in [4.69, 9.17) is 18.0 Å². The quantitative estimate of drug-likeness (QED) is 0.863. The van der Waals surface area contributed by atoms with Crippen molar-refractivity contribution in [2.75, 3.05) is 11.4 Å². The second kappa shape index (κ2) is 5.35. The molecule has 1 aliphatic rings. The molecule has 0 saturated carbocycles. The second-order valence-corrected chi connectivity index (χ2v) is 6.83. The predicted molar refractivity (Wildman–Crippen MR) is 91.2 cm³/mol. The van der Waals surface area contributed by atoms with Crippen molar-refractivity contribution in [2.24, 2.45) is 5.73 Å². The third-order valence-electron chi connectivity index (χ3n) is 4.23. The minimum atomic E-state index is 0.268. The lowest BCUT2D eigenvalue weighted by atomic mass is 10.00. The topological polar surface area (TPSA) is 55.0 Å². The molecule has 2 aromatic heterocycles. The number of anilines is 1. The van der Waals surface area contributed by atoms with Crippen LogP contribution >= 0.6 is 23.6 Å². The Bertz CT molecular complexity index is 708. The standard InChI is InChI=1S/C15H18N4S2/c1-8-9(2)17-18-15(13(8)14(16)20)19-6-4-12-11(10(19)3)5-7-21-12/h5,7,10H,4,6H2,1-3H3,(H2,16,20). The Hall–Kier alpha value is -1.53. The summed E-state index contributed by atoms with van der Waals surface area (Å²) >= 11 is 7.08. The highest BCUT2D eigenvalue weighted by Gasteiger charge is 2.29. The van der Waals surface area contributed by atoms with Crippen LogP contribution < -0.4 is 10.6 Å². The third-order valence-corrected chi connectivity index (χ3v) is 5.43. The molecular weight excluding hydrogens is 300 g/mol. The molecule has 0 aromatic carbocycles. The van der Waals surface area contributed by atoms with Crippen molar-refractivity contribution in [2.45, 2.75) is 33.2 Å². The molecule has 0 spiro atoms. The van der Waals surface area contributed by atoms with Gasteiger partial charge in [-0.25, -0.2) is 0 Å². The Morgan fingerprint density at radius 1 is 1.43 bits per heavy atom. The van der Waals surface area contributed by atoms with Gasteiger partial charge in [-0.1, -0.05) is 12.2 Å². The summed E-state index contributed by atoms with van der Waals surface area (Å²) in [6.45, 7) is 7.06. The molecule has 110 valence electrons. The van der Waals surface area contributed by atoms with E-state index in [1.165, 1.54) is 10.4 Å². The fourth-order valence-electron chi connectivity index (χ4n) is 2.89. The number of aromatic nitrogens is 2. The van der Waals surface area contributed by atoms with Gasteiger partial charge in [0.2, 0.25) is 0 Å². The molecule has 1 atom stereocenters. The van der Waals surface area contributed by atoms with E-state index < -0.39 is 0 Å². The lowest BCUT2D eigenvalue weighted by molar-refractivity contribution is 0.618. The normalized spacial score (nSPS) is 17.7. The van der Waals surface area contributed by atoms with Crippen LogP contribution in [0.15, 0.2) is 11.4 Å². The smallest absolute Gasteiger partial charge is 0.162 e. The van der Waals surface area contributed by atoms with Crippen LogP contribution in [0.25, 0.3) is 0 Å². The third kappa shape index (κ3) is 2.32. The lowest BCUT2D eigenvalue weighted by Crippen LogP contribution is -2.36. The highest BCUT2D eigenvalue weighted by atomic mass is 32.1. The van der Waals surface area contributed by atoms with Gasteiger partial charge in [0.25, 0.3) is 0 Å². The highest BCUT2D eigenvalue weighted by Crippen LogP contribution is 2.36. The maximum absolute atomic E-state index is 5.95. The lowest BCUT2D eigenvalue weighted by Gasteiger charge is -2.35. The van der Waals surface area contributed by atoms with E-state index >= 15 is 0 Å². The first-order valence-electron chi connectivity index (χ1n) is 6.97. The number of thiophene rings is 1. The molecule has 6 heteroatoms. The number of nitrogens with two attached hydrogens (primary N) is 1. The largest absolute Gasteiger partial charge is 0.389 e. The molecule has 0 radical (unpaired) electrons. The van der Waals surface area contributed by atoms with Crippen molar-refractivity contribution < 1.29 is 0 Å². The van der Waals surface area contributed by atoms with Gasteiger partial charge in [-0.3, -0.25) is 0 Å². The monoisotopic (exact) mass is 318 g/mol. The number of aryl methyl sites for hydroxylation is 1. The van der Waals surface area contributed by atoms with Crippen LogP contribution in [-0.2, 0) is 6.42 Å². The van der Waals surface area contributed by atoms with Gasteiger partial charge in [-0.2, -0.15) is 5.10 Å². The zero-order valence-electron chi connectivity index (χ0n) is 12.4. The van der Waals surface area contributed by atoms with Crippen LogP contribution in [0.5, 0.6) is 0 Å². The number of nitrogens with zero attached hydrogens (tertiary/aromatic N) is 3. The average molecular weight is 318 g/mol. The minimum Gasteiger partial charge on any atom is -0.389 e. The zero-order valence-corrected chi connectivity index (χ0v) is 14.0. The van der Waals surface area contributed by atoms with E-state index in [9.17, 15) is 0 Å². The van der Waals surface area contributed by atoms with Gasteiger partial charge in [0.15, 0.2) is 5.82 Å². The molecule has 2 aromatic rings. The summed E-state index contributed by atoms with van der Waals surface area (Å²) in [6.07, 6.45) is 1.03. The molecule has 0 bridgehead atoms. The van der Waals surface area contributed by atoms with E-state index in [1.54, 1.807) is 0 Å². The van der Waals surface area contributed by atoms with E-state index in [2.05, 4.69) is 33.5 Å². The first kappa shape index (κ1) is 14.4. The Morgan fingerprint density at radius 2 is 2.19 bits per heavy atom. The van der Waals surface area contributed by atoms with Crippen molar-refractivity contribution in [3.63, 3.8) is 0 Å². The minimum absolute atomic E-state index is 0.268. The number of thiocarbonyl (C=S) groups is 1. The van der Waals surface area contributed by atoms with Gasteiger partial charge in [-0.15, -0.1) is 16.4 Å². The van der Waals surface area contributed by atoms with Crippen LogP contribution in [-0.4, -0.2) is 21.7 Å². The Labute approximate surface area is 134 Å². The average Bonchev–Trinajstić information content (AvgIpc) is 2.91. The van der Waals surface area contributed by atoms with E-state index in [0.29, 0.717) is 4.99 Å². The molecular formula is C15H18N4S2. The Balaban J connectivity index is 2.10. The Morgan fingerprint density at radius 3 is 2.90 bits per heavy atom. The maximum Gasteiger partial charge on any atom is 0.162 e. The number of fused-ring (bicyclic) bond motifs is 1. The van der Waals surface area contributed by atoms with Crippen LogP contribution in [0.3, 0.4) is 0 Å². The van der Waals surface area contributed by atoms with Crippen LogP contribution in [0.4, 0.5) is 5.82 Å². The van der Waals surface area contributed by atoms with Crippen LogP contribution in [0.1, 0.15) is 40.2 Å². The predicted octanol–water partition coefficient (Wildman–Crippen LogP) is 2.91. The maximum atomic E-state index is 5.95. The van der Waals surface area contributed by atoms with Gasteiger partial charge in [-0.05, 0) is 49.8 Å². The summed E-state index contributed by atoms with van der Waals surface area (Å²) in [5.74, 6) is 0.815.